The third-order valence-electron chi connectivity index (χ3n) is 2.63. The van der Waals surface area contributed by atoms with Crippen molar-refractivity contribution in [1.82, 2.24) is 25.5 Å². The number of nitrogens with zero attached hydrogens (tertiary/aromatic N) is 4. The van der Waals surface area contributed by atoms with Crippen LogP contribution in [0.25, 0.3) is 5.69 Å². The second-order valence-electron chi connectivity index (χ2n) is 4.03. The summed E-state index contributed by atoms with van der Waals surface area (Å²) in [4.78, 5) is 12.8. The van der Waals surface area contributed by atoms with Gasteiger partial charge in [0.25, 0.3) is 5.91 Å². The molecule has 1 unspecified atom stereocenters. The smallest absolute Gasteiger partial charge is 0.263 e. The van der Waals surface area contributed by atoms with Crippen LogP contribution in [0.1, 0.15) is 16.1 Å². The minimum Gasteiger partial charge on any atom is -0.396 e. The Morgan fingerprint density at radius 2 is 2.50 bits per heavy atom. The Labute approximate surface area is 119 Å². The maximum atomic E-state index is 12.3. The highest BCUT2D eigenvalue weighted by atomic mass is 32.1. The summed E-state index contributed by atoms with van der Waals surface area (Å²) < 4.78 is 6.45. The van der Waals surface area contributed by atoms with Gasteiger partial charge in [0.1, 0.15) is 11.2 Å². The van der Waals surface area contributed by atoms with E-state index >= 15 is 0 Å². The normalized spacial score (nSPS) is 12.3. The number of hydrogen-bond acceptors (Lipinski definition) is 7. The Bertz CT molecular complexity index is 536. The Balaban J connectivity index is 2.11. The van der Waals surface area contributed by atoms with Crippen molar-refractivity contribution in [3.63, 3.8) is 0 Å². The van der Waals surface area contributed by atoms with E-state index in [-0.39, 0.29) is 18.6 Å². The van der Waals surface area contributed by atoms with Crippen molar-refractivity contribution in [2.75, 3.05) is 20.3 Å². The first-order valence-corrected chi connectivity index (χ1v) is 6.85. The largest absolute Gasteiger partial charge is 0.396 e. The van der Waals surface area contributed by atoms with Crippen LogP contribution in [0.4, 0.5) is 0 Å². The zero-order valence-corrected chi connectivity index (χ0v) is 11.7. The fraction of sp³-hybridized carbons (Fsp3) is 0.455. The van der Waals surface area contributed by atoms with Gasteiger partial charge in [-0.1, -0.05) is 0 Å². The van der Waals surface area contributed by atoms with Crippen molar-refractivity contribution >= 4 is 17.2 Å². The quantitative estimate of drug-likeness (QED) is 0.737. The average molecular weight is 297 g/mol. The number of carbonyl (C=O) groups is 1. The molecule has 2 aromatic heterocycles. The van der Waals surface area contributed by atoms with Gasteiger partial charge in [0, 0.05) is 13.7 Å². The van der Waals surface area contributed by atoms with Crippen molar-refractivity contribution in [2.45, 2.75) is 12.5 Å². The highest BCUT2D eigenvalue weighted by Gasteiger charge is 2.19. The van der Waals surface area contributed by atoms with Crippen LogP contribution in [0.15, 0.2) is 17.8 Å². The zero-order valence-electron chi connectivity index (χ0n) is 10.9. The molecule has 1 amide bonds. The maximum Gasteiger partial charge on any atom is 0.263 e. The molecule has 20 heavy (non-hydrogen) atoms. The van der Waals surface area contributed by atoms with Crippen LogP contribution in [-0.2, 0) is 4.74 Å². The second-order valence-corrected chi connectivity index (χ2v) is 4.94. The molecule has 0 aliphatic rings. The summed E-state index contributed by atoms with van der Waals surface area (Å²) in [6.07, 6.45) is 1.87. The van der Waals surface area contributed by atoms with Crippen LogP contribution in [0.3, 0.4) is 0 Å². The number of methoxy groups -OCH3 is 1. The molecule has 2 aromatic rings. The topological polar surface area (TPSA) is 102 Å². The molecule has 108 valence electrons. The standard InChI is InChI=1S/C11H15N5O3S/c1-19-6-8(2-4-17)13-11(18)10-9(3-5-20-10)16-7-12-14-15-16/h3,5,7-8,17H,2,4,6H2,1H3,(H,13,18). The van der Waals surface area contributed by atoms with Crippen LogP contribution in [-0.4, -0.2) is 57.6 Å². The molecule has 2 rings (SSSR count). The molecule has 1 atom stereocenters. The fourth-order valence-corrected chi connectivity index (χ4v) is 2.51. The van der Waals surface area contributed by atoms with Gasteiger partial charge in [-0.2, -0.15) is 4.68 Å². The summed E-state index contributed by atoms with van der Waals surface area (Å²) in [5, 5.41) is 24.5. The van der Waals surface area contributed by atoms with E-state index in [1.165, 1.54) is 22.3 Å². The monoisotopic (exact) mass is 297 g/mol. The number of carbonyl (C=O) groups excluding carboxylic acids is 1. The van der Waals surface area contributed by atoms with Crippen LogP contribution < -0.4 is 5.32 Å². The number of rotatable bonds is 7. The number of ether oxygens (including phenoxy) is 1. The van der Waals surface area contributed by atoms with E-state index in [9.17, 15) is 4.79 Å². The Morgan fingerprint density at radius 1 is 1.65 bits per heavy atom. The van der Waals surface area contributed by atoms with E-state index in [0.717, 1.165) is 0 Å². The summed E-state index contributed by atoms with van der Waals surface area (Å²) in [6.45, 7) is 0.330. The van der Waals surface area contributed by atoms with Crippen molar-refractivity contribution in [3.8, 4) is 5.69 Å². The zero-order chi connectivity index (χ0) is 14.4. The van der Waals surface area contributed by atoms with E-state index in [2.05, 4.69) is 20.8 Å². The predicted octanol–water partition coefficient (Wildman–Crippen LogP) is -0.149. The average Bonchev–Trinajstić information content (AvgIpc) is 3.10. The molecule has 0 fully saturated rings. The van der Waals surface area contributed by atoms with Gasteiger partial charge in [-0.15, -0.1) is 16.4 Å². The summed E-state index contributed by atoms with van der Waals surface area (Å²) in [5.74, 6) is -0.235. The third-order valence-corrected chi connectivity index (χ3v) is 3.53. The molecule has 0 saturated heterocycles. The van der Waals surface area contributed by atoms with Crippen LogP contribution in [0.2, 0.25) is 0 Å². The number of hydrogen-bond donors (Lipinski definition) is 2. The highest BCUT2D eigenvalue weighted by molar-refractivity contribution is 7.12. The van der Waals surface area contributed by atoms with E-state index < -0.39 is 0 Å². The SMILES string of the molecule is COCC(CCO)NC(=O)c1sccc1-n1cnnn1. The molecule has 8 nitrogen and oxygen atoms in total. The molecule has 0 bridgehead atoms. The summed E-state index contributed by atoms with van der Waals surface area (Å²) in [6, 6.07) is 1.54. The third kappa shape index (κ3) is 3.38. The number of thiophene rings is 1. The van der Waals surface area contributed by atoms with E-state index in [1.807, 2.05) is 0 Å². The molecule has 9 heteroatoms. The van der Waals surface area contributed by atoms with E-state index in [1.54, 1.807) is 18.6 Å². The van der Waals surface area contributed by atoms with Gasteiger partial charge < -0.3 is 15.2 Å². The van der Waals surface area contributed by atoms with Crippen LogP contribution >= 0.6 is 11.3 Å². The molecule has 0 saturated carbocycles. The van der Waals surface area contributed by atoms with Gasteiger partial charge in [-0.05, 0) is 28.3 Å². The first-order chi connectivity index (χ1) is 9.76. The first kappa shape index (κ1) is 14.6. The van der Waals surface area contributed by atoms with Gasteiger partial charge >= 0.3 is 0 Å². The molecule has 0 spiro atoms. The minimum absolute atomic E-state index is 0.0153. The lowest BCUT2D eigenvalue weighted by Crippen LogP contribution is -2.38. The fourth-order valence-electron chi connectivity index (χ4n) is 1.73. The molecule has 2 heterocycles. The molecule has 2 N–H and O–H groups in total. The minimum atomic E-state index is -0.235. The van der Waals surface area contributed by atoms with Crippen molar-refractivity contribution in [3.05, 3.63) is 22.7 Å². The molecule has 0 aliphatic carbocycles. The summed E-state index contributed by atoms with van der Waals surface area (Å²) in [7, 11) is 1.55. The van der Waals surface area contributed by atoms with Crippen LogP contribution in [0, 0.1) is 0 Å². The summed E-state index contributed by atoms with van der Waals surface area (Å²) in [5.41, 5.74) is 0.623. The van der Waals surface area contributed by atoms with Crippen LogP contribution in [0.5, 0.6) is 0 Å². The number of amides is 1. The molecule has 0 aliphatic heterocycles. The Hall–Kier alpha value is -1.84. The maximum absolute atomic E-state index is 12.3. The van der Waals surface area contributed by atoms with Gasteiger partial charge in [0.15, 0.2) is 0 Å². The Kier molecular flexibility index (Phi) is 5.16. The van der Waals surface area contributed by atoms with Gasteiger partial charge in [0.05, 0.1) is 18.3 Å². The van der Waals surface area contributed by atoms with E-state index in [4.69, 9.17) is 9.84 Å². The Morgan fingerprint density at radius 3 is 3.15 bits per heavy atom. The number of aromatic nitrogens is 4. The summed E-state index contributed by atoms with van der Waals surface area (Å²) >= 11 is 1.30. The number of tetrazole rings is 1. The highest BCUT2D eigenvalue weighted by Crippen LogP contribution is 2.20. The van der Waals surface area contributed by atoms with Crippen molar-refractivity contribution < 1.29 is 14.6 Å². The first-order valence-electron chi connectivity index (χ1n) is 5.97. The lowest BCUT2D eigenvalue weighted by Gasteiger charge is -2.16. The predicted molar refractivity (Wildman–Crippen MR) is 71.9 cm³/mol. The van der Waals surface area contributed by atoms with E-state index in [0.29, 0.717) is 23.6 Å². The molecule has 0 radical (unpaired) electrons. The molecule has 0 aromatic carbocycles. The number of aliphatic hydroxyl groups excluding tert-OH is 1. The lowest BCUT2D eigenvalue weighted by molar-refractivity contribution is 0.0882. The van der Waals surface area contributed by atoms with Gasteiger partial charge in [0.2, 0.25) is 0 Å². The second kappa shape index (κ2) is 7.08. The van der Waals surface area contributed by atoms with Crippen molar-refractivity contribution in [1.29, 1.82) is 0 Å². The van der Waals surface area contributed by atoms with Crippen molar-refractivity contribution in [2.24, 2.45) is 0 Å². The molecular formula is C11H15N5O3S. The molecular weight excluding hydrogens is 282 g/mol. The lowest BCUT2D eigenvalue weighted by atomic mass is 10.2. The number of nitrogens with one attached hydrogen (secondary N) is 1. The van der Waals surface area contributed by atoms with Gasteiger partial charge in [-0.3, -0.25) is 4.79 Å². The number of aliphatic hydroxyl groups is 1. The van der Waals surface area contributed by atoms with Gasteiger partial charge in [-0.25, -0.2) is 0 Å².